The monoisotopic (exact) mass is 297 g/mol. The van der Waals surface area contributed by atoms with E-state index in [1.165, 1.54) is 0 Å². The smallest absolute Gasteiger partial charge is 0.247 e. The van der Waals surface area contributed by atoms with Crippen molar-refractivity contribution in [1.29, 1.82) is 0 Å². The van der Waals surface area contributed by atoms with E-state index >= 15 is 0 Å². The quantitative estimate of drug-likeness (QED) is 0.390. The molecule has 21 heavy (non-hydrogen) atoms. The molecule has 0 unspecified atom stereocenters. The highest BCUT2D eigenvalue weighted by molar-refractivity contribution is 5.90. The van der Waals surface area contributed by atoms with E-state index < -0.39 is 24.6 Å². The maximum atomic E-state index is 12.5. The highest BCUT2D eigenvalue weighted by Gasteiger charge is 2.32. The zero-order valence-electron chi connectivity index (χ0n) is 12.2. The van der Waals surface area contributed by atoms with Gasteiger partial charge in [0.1, 0.15) is 18.7 Å². The standard InChI is InChI=1S/C14H23N3O4/c1-3-7-21-9-12(16-13(19)11(15)8-18)14(20)17-6-4-5-10(17)2/h1,10-12,18H,4-9,15H2,2H3,(H,16,19)/t10-,11+,12+/m1/s1. The summed E-state index contributed by atoms with van der Waals surface area (Å²) in [6.07, 6.45) is 6.97. The van der Waals surface area contributed by atoms with E-state index in [-0.39, 0.29) is 25.2 Å². The maximum Gasteiger partial charge on any atom is 0.247 e. The average Bonchev–Trinajstić information content (AvgIpc) is 2.90. The Morgan fingerprint density at radius 1 is 1.62 bits per heavy atom. The number of hydrogen-bond acceptors (Lipinski definition) is 5. The number of nitrogens with two attached hydrogens (primary N) is 1. The van der Waals surface area contributed by atoms with Crippen LogP contribution in [0.15, 0.2) is 0 Å². The molecule has 3 atom stereocenters. The van der Waals surface area contributed by atoms with Crippen molar-refractivity contribution in [3.8, 4) is 12.3 Å². The molecule has 0 saturated carbocycles. The van der Waals surface area contributed by atoms with Crippen molar-refractivity contribution < 1.29 is 19.4 Å². The number of amides is 2. The van der Waals surface area contributed by atoms with E-state index in [2.05, 4.69) is 11.2 Å². The molecular weight excluding hydrogens is 274 g/mol. The van der Waals surface area contributed by atoms with Gasteiger partial charge in [-0.05, 0) is 19.8 Å². The van der Waals surface area contributed by atoms with Crippen molar-refractivity contribution in [3.05, 3.63) is 0 Å². The molecule has 1 fully saturated rings. The summed E-state index contributed by atoms with van der Waals surface area (Å²) >= 11 is 0. The normalized spacial score (nSPS) is 20.7. The predicted molar refractivity (Wildman–Crippen MR) is 77.1 cm³/mol. The number of rotatable bonds is 7. The first-order chi connectivity index (χ1) is 10.0. The number of carbonyl (C=O) groups is 2. The Kier molecular flexibility index (Phi) is 7.15. The molecule has 1 saturated heterocycles. The summed E-state index contributed by atoms with van der Waals surface area (Å²) in [5.41, 5.74) is 5.44. The first kappa shape index (κ1) is 17.4. The second-order valence-corrected chi connectivity index (χ2v) is 5.09. The Labute approximate surface area is 124 Å². The van der Waals surface area contributed by atoms with E-state index in [0.717, 1.165) is 12.8 Å². The van der Waals surface area contributed by atoms with E-state index in [1.54, 1.807) is 4.90 Å². The summed E-state index contributed by atoms with van der Waals surface area (Å²) in [5.74, 6) is 1.50. The van der Waals surface area contributed by atoms with Crippen LogP contribution in [0.25, 0.3) is 0 Å². The number of terminal acetylenes is 1. The van der Waals surface area contributed by atoms with Gasteiger partial charge in [-0.15, -0.1) is 6.42 Å². The molecule has 1 aliphatic heterocycles. The fraction of sp³-hybridized carbons (Fsp3) is 0.714. The molecule has 0 aromatic heterocycles. The topological polar surface area (TPSA) is 105 Å². The van der Waals surface area contributed by atoms with Gasteiger partial charge in [-0.2, -0.15) is 0 Å². The van der Waals surface area contributed by atoms with E-state index in [4.69, 9.17) is 22.0 Å². The van der Waals surface area contributed by atoms with Gasteiger partial charge in [-0.1, -0.05) is 5.92 Å². The van der Waals surface area contributed by atoms with Crippen molar-refractivity contribution in [2.24, 2.45) is 5.73 Å². The molecule has 0 aliphatic carbocycles. The first-order valence-electron chi connectivity index (χ1n) is 6.99. The van der Waals surface area contributed by atoms with Crippen LogP contribution in [0.5, 0.6) is 0 Å². The number of nitrogens with zero attached hydrogens (tertiary/aromatic N) is 1. The highest BCUT2D eigenvalue weighted by atomic mass is 16.5. The number of aliphatic hydroxyl groups is 1. The number of carbonyl (C=O) groups excluding carboxylic acids is 2. The van der Waals surface area contributed by atoms with Crippen LogP contribution in [0.4, 0.5) is 0 Å². The third kappa shape index (κ3) is 5.01. The number of aliphatic hydroxyl groups excluding tert-OH is 1. The molecule has 0 aromatic carbocycles. The molecule has 1 rings (SSSR count). The lowest BCUT2D eigenvalue weighted by Gasteiger charge is -2.27. The second kappa shape index (κ2) is 8.62. The summed E-state index contributed by atoms with van der Waals surface area (Å²) in [6, 6.07) is -1.77. The van der Waals surface area contributed by atoms with Crippen molar-refractivity contribution >= 4 is 11.8 Å². The van der Waals surface area contributed by atoms with E-state index in [0.29, 0.717) is 6.54 Å². The average molecular weight is 297 g/mol. The van der Waals surface area contributed by atoms with Crippen molar-refractivity contribution in [1.82, 2.24) is 10.2 Å². The van der Waals surface area contributed by atoms with Gasteiger partial charge >= 0.3 is 0 Å². The molecule has 0 aromatic rings. The van der Waals surface area contributed by atoms with Gasteiger partial charge in [-0.3, -0.25) is 9.59 Å². The molecule has 2 amide bonds. The molecular formula is C14H23N3O4. The molecule has 7 heteroatoms. The molecule has 7 nitrogen and oxygen atoms in total. The third-order valence-corrected chi connectivity index (χ3v) is 3.45. The lowest BCUT2D eigenvalue weighted by atomic mass is 10.2. The van der Waals surface area contributed by atoms with Gasteiger partial charge in [0.25, 0.3) is 0 Å². The second-order valence-electron chi connectivity index (χ2n) is 5.09. The Morgan fingerprint density at radius 3 is 2.86 bits per heavy atom. The van der Waals surface area contributed by atoms with Crippen LogP contribution in [0, 0.1) is 12.3 Å². The lowest BCUT2D eigenvalue weighted by molar-refractivity contribution is -0.139. The Balaban J connectivity index is 2.69. The van der Waals surface area contributed by atoms with Gasteiger partial charge in [0.2, 0.25) is 11.8 Å². The van der Waals surface area contributed by atoms with Crippen LogP contribution in [0.3, 0.4) is 0 Å². The van der Waals surface area contributed by atoms with Gasteiger partial charge in [0, 0.05) is 12.6 Å². The number of likely N-dealkylation sites (tertiary alicyclic amines) is 1. The van der Waals surface area contributed by atoms with Crippen LogP contribution >= 0.6 is 0 Å². The highest BCUT2D eigenvalue weighted by Crippen LogP contribution is 2.17. The van der Waals surface area contributed by atoms with E-state index in [9.17, 15) is 9.59 Å². The Morgan fingerprint density at radius 2 is 2.33 bits per heavy atom. The van der Waals surface area contributed by atoms with Crippen LogP contribution in [0.1, 0.15) is 19.8 Å². The number of nitrogens with one attached hydrogen (secondary N) is 1. The van der Waals surface area contributed by atoms with Crippen LogP contribution in [-0.2, 0) is 14.3 Å². The zero-order chi connectivity index (χ0) is 15.8. The predicted octanol–water partition coefficient (Wildman–Crippen LogP) is -1.55. The van der Waals surface area contributed by atoms with Gasteiger partial charge < -0.3 is 25.8 Å². The molecule has 1 aliphatic rings. The van der Waals surface area contributed by atoms with Crippen molar-refractivity contribution in [3.63, 3.8) is 0 Å². The summed E-state index contributed by atoms with van der Waals surface area (Å²) in [7, 11) is 0. The van der Waals surface area contributed by atoms with Crippen molar-refractivity contribution in [2.75, 3.05) is 26.4 Å². The van der Waals surface area contributed by atoms with Gasteiger partial charge in [0.15, 0.2) is 0 Å². The molecule has 0 spiro atoms. The molecule has 1 heterocycles. The first-order valence-corrected chi connectivity index (χ1v) is 6.99. The lowest BCUT2D eigenvalue weighted by Crippen LogP contribution is -2.55. The van der Waals surface area contributed by atoms with Crippen molar-refractivity contribution in [2.45, 2.75) is 37.9 Å². The zero-order valence-corrected chi connectivity index (χ0v) is 12.2. The van der Waals surface area contributed by atoms with Crippen LogP contribution < -0.4 is 11.1 Å². The Hall–Kier alpha value is -1.62. The number of ether oxygens (including phenoxy) is 1. The third-order valence-electron chi connectivity index (χ3n) is 3.45. The molecule has 118 valence electrons. The molecule has 0 bridgehead atoms. The minimum Gasteiger partial charge on any atom is -0.394 e. The Bertz CT molecular complexity index is 408. The largest absolute Gasteiger partial charge is 0.394 e. The number of hydrogen-bond donors (Lipinski definition) is 3. The fourth-order valence-electron chi connectivity index (χ4n) is 2.23. The van der Waals surface area contributed by atoms with Crippen LogP contribution in [-0.4, -0.2) is 66.3 Å². The SMILES string of the molecule is C#CCOC[C@H](NC(=O)[C@@H](N)CO)C(=O)N1CCC[C@H]1C. The van der Waals surface area contributed by atoms with E-state index in [1.807, 2.05) is 6.92 Å². The summed E-state index contributed by atoms with van der Waals surface area (Å²) in [6.45, 7) is 2.18. The fourth-order valence-corrected chi connectivity index (χ4v) is 2.23. The summed E-state index contributed by atoms with van der Waals surface area (Å²) < 4.78 is 5.17. The molecule has 0 radical (unpaired) electrons. The van der Waals surface area contributed by atoms with Gasteiger partial charge in [0.05, 0.1) is 13.2 Å². The summed E-state index contributed by atoms with van der Waals surface area (Å²) in [4.78, 5) is 25.9. The summed E-state index contributed by atoms with van der Waals surface area (Å²) in [5, 5.41) is 11.4. The minimum absolute atomic E-state index is 0.0177. The molecule has 4 N–H and O–H groups in total. The van der Waals surface area contributed by atoms with Gasteiger partial charge in [-0.25, -0.2) is 0 Å². The minimum atomic E-state index is -1.07. The van der Waals surface area contributed by atoms with Crippen LogP contribution in [0.2, 0.25) is 0 Å². The maximum absolute atomic E-state index is 12.5.